The predicted molar refractivity (Wildman–Crippen MR) is 82.4 cm³/mol. The van der Waals surface area contributed by atoms with Gasteiger partial charge >= 0.3 is 0 Å². The summed E-state index contributed by atoms with van der Waals surface area (Å²) in [6.45, 7) is 4.59. The van der Waals surface area contributed by atoms with Crippen molar-refractivity contribution in [2.45, 2.75) is 39.2 Å². The van der Waals surface area contributed by atoms with Crippen molar-refractivity contribution < 1.29 is 0 Å². The molecule has 0 spiro atoms. The van der Waals surface area contributed by atoms with Gasteiger partial charge in [0.2, 0.25) is 0 Å². The van der Waals surface area contributed by atoms with Gasteiger partial charge in [0, 0.05) is 17.6 Å². The second-order valence-corrected chi connectivity index (χ2v) is 5.43. The lowest BCUT2D eigenvalue weighted by molar-refractivity contribution is 0.411. The van der Waals surface area contributed by atoms with E-state index in [0.29, 0.717) is 6.04 Å². The molecule has 2 rings (SSSR count). The molecule has 0 bridgehead atoms. The molecule has 0 fully saturated rings. The number of para-hydroxylation sites is 1. The highest BCUT2D eigenvalue weighted by Crippen LogP contribution is 2.20. The number of likely N-dealkylation sites (N-methyl/N-ethyl adjacent to an activating group) is 1. The minimum absolute atomic E-state index is 0.542. The molecule has 1 N–H and O–H groups in total. The minimum Gasteiger partial charge on any atom is -0.317 e. The highest BCUT2D eigenvalue weighted by atomic mass is 14.9. The Kier molecular flexibility index (Phi) is 4.92. The second kappa shape index (κ2) is 6.67. The summed E-state index contributed by atoms with van der Waals surface area (Å²) >= 11 is 0. The van der Waals surface area contributed by atoms with Crippen molar-refractivity contribution in [1.82, 2.24) is 10.3 Å². The molecule has 1 aromatic carbocycles. The lowest BCUT2D eigenvalue weighted by Crippen LogP contribution is -2.29. The van der Waals surface area contributed by atoms with Crippen LogP contribution in [0.25, 0.3) is 10.9 Å². The average Bonchev–Trinajstić information content (AvgIpc) is 2.46. The Labute approximate surface area is 116 Å². The van der Waals surface area contributed by atoms with Crippen LogP contribution in [-0.4, -0.2) is 18.1 Å². The van der Waals surface area contributed by atoms with E-state index < -0.39 is 0 Å². The Morgan fingerprint density at radius 1 is 1.21 bits per heavy atom. The Balaban J connectivity index is 2.19. The zero-order valence-corrected chi connectivity index (χ0v) is 12.2. The molecular formula is C17H24N2. The van der Waals surface area contributed by atoms with Crippen LogP contribution in [0.5, 0.6) is 0 Å². The van der Waals surface area contributed by atoms with Crippen molar-refractivity contribution in [2.24, 2.45) is 5.92 Å². The van der Waals surface area contributed by atoms with E-state index in [0.717, 1.165) is 17.9 Å². The highest BCUT2D eigenvalue weighted by molar-refractivity contribution is 5.81. The minimum atomic E-state index is 0.542. The van der Waals surface area contributed by atoms with Crippen molar-refractivity contribution in [3.8, 4) is 0 Å². The van der Waals surface area contributed by atoms with Gasteiger partial charge in [0.1, 0.15) is 0 Å². The van der Waals surface area contributed by atoms with Crippen LogP contribution in [0.1, 0.15) is 32.3 Å². The van der Waals surface area contributed by atoms with Crippen molar-refractivity contribution in [3.63, 3.8) is 0 Å². The molecule has 1 heterocycles. The first kappa shape index (κ1) is 14.0. The van der Waals surface area contributed by atoms with Gasteiger partial charge in [0.05, 0.1) is 5.52 Å². The van der Waals surface area contributed by atoms with Crippen molar-refractivity contribution in [3.05, 3.63) is 42.1 Å². The molecule has 1 aromatic heterocycles. The standard InChI is InChI=1S/C17H24N2/c1-4-13(2)11-15(18-3)12-14-9-10-19-17-8-6-5-7-16(14)17/h5-10,13,15,18H,4,11-12H2,1-3H3. The maximum atomic E-state index is 4.43. The molecular weight excluding hydrogens is 232 g/mol. The Morgan fingerprint density at radius 2 is 2.00 bits per heavy atom. The van der Waals surface area contributed by atoms with Crippen molar-refractivity contribution >= 4 is 10.9 Å². The lowest BCUT2D eigenvalue weighted by atomic mass is 9.93. The summed E-state index contributed by atoms with van der Waals surface area (Å²) < 4.78 is 0. The predicted octanol–water partition coefficient (Wildman–Crippen LogP) is 3.80. The molecule has 2 heteroatoms. The van der Waals surface area contributed by atoms with E-state index in [1.54, 1.807) is 0 Å². The summed E-state index contributed by atoms with van der Waals surface area (Å²) in [6.07, 6.45) is 5.47. The summed E-state index contributed by atoms with van der Waals surface area (Å²) in [7, 11) is 2.07. The Hall–Kier alpha value is -1.41. The smallest absolute Gasteiger partial charge is 0.0704 e. The topological polar surface area (TPSA) is 24.9 Å². The number of nitrogens with zero attached hydrogens (tertiary/aromatic N) is 1. The molecule has 0 saturated carbocycles. The fourth-order valence-corrected chi connectivity index (χ4v) is 2.55. The van der Waals surface area contributed by atoms with Crippen LogP contribution in [0.15, 0.2) is 36.5 Å². The molecule has 102 valence electrons. The molecule has 0 amide bonds. The SMILES string of the molecule is CCC(C)CC(Cc1ccnc2ccccc12)NC. The Bertz CT molecular complexity index is 516. The van der Waals surface area contributed by atoms with Gasteiger partial charge < -0.3 is 5.32 Å². The van der Waals surface area contributed by atoms with Crippen molar-refractivity contribution in [1.29, 1.82) is 0 Å². The maximum Gasteiger partial charge on any atom is 0.0704 e. The summed E-state index contributed by atoms with van der Waals surface area (Å²) in [5.41, 5.74) is 2.49. The molecule has 19 heavy (non-hydrogen) atoms. The number of fused-ring (bicyclic) bond motifs is 1. The van der Waals surface area contributed by atoms with Crippen LogP contribution in [0.4, 0.5) is 0 Å². The average molecular weight is 256 g/mol. The zero-order valence-electron chi connectivity index (χ0n) is 12.2. The van der Waals surface area contributed by atoms with Crippen LogP contribution < -0.4 is 5.32 Å². The fraction of sp³-hybridized carbons (Fsp3) is 0.471. The van der Waals surface area contributed by atoms with Gasteiger partial charge in [-0.2, -0.15) is 0 Å². The van der Waals surface area contributed by atoms with E-state index in [2.05, 4.69) is 55.5 Å². The summed E-state index contributed by atoms with van der Waals surface area (Å²) in [5.74, 6) is 0.769. The van der Waals surface area contributed by atoms with Gasteiger partial charge in [0.25, 0.3) is 0 Å². The summed E-state index contributed by atoms with van der Waals surface area (Å²) in [6, 6.07) is 11.1. The number of benzene rings is 1. The number of rotatable bonds is 6. The van der Waals surface area contributed by atoms with E-state index in [4.69, 9.17) is 0 Å². The molecule has 0 saturated heterocycles. The van der Waals surface area contributed by atoms with Gasteiger partial charge in [-0.25, -0.2) is 0 Å². The molecule has 0 aliphatic heterocycles. The third kappa shape index (κ3) is 3.54. The fourth-order valence-electron chi connectivity index (χ4n) is 2.55. The molecule has 2 unspecified atom stereocenters. The largest absolute Gasteiger partial charge is 0.317 e. The Morgan fingerprint density at radius 3 is 2.74 bits per heavy atom. The van der Waals surface area contributed by atoms with Crippen LogP contribution in [0.3, 0.4) is 0 Å². The van der Waals surface area contributed by atoms with E-state index in [9.17, 15) is 0 Å². The normalized spacial score (nSPS) is 14.5. The zero-order chi connectivity index (χ0) is 13.7. The number of aromatic nitrogens is 1. The van der Waals surface area contributed by atoms with Crippen LogP contribution in [0, 0.1) is 5.92 Å². The number of pyridine rings is 1. The van der Waals surface area contributed by atoms with Gasteiger partial charge in [-0.3, -0.25) is 4.98 Å². The van der Waals surface area contributed by atoms with E-state index >= 15 is 0 Å². The van der Waals surface area contributed by atoms with Gasteiger partial charge in [-0.1, -0.05) is 38.5 Å². The second-order valence-electron chi connectivity index (χ2n) is 5.43. The monoisotopic (exact) mass is 256 g/mol. The molecule has 0 aliphatic carbocycles. The molecule has 0 aliphatic rings. The quantitative estimate of drug-likeness (QED) is 0.850. The number of nitrogens with one attached hydrogen (secondary N) is 1. The van der Waals surface area contributed by atoms with Crippen LogP contribution in [-0.2, 0) is 6.42 Å². The first-order chi connectivity index (χ1) is 9.24. The number of hydrogen-bond donors (Lipinski definition) is 1. The lowest BCUT2D eigenvalue weighted by Gasteiger charge is -2.20. The molecule has 2 atom stereocenters. The molecule has 0 radical (unpaired) electrons. The molecule has 2 nitrogen and oxygen atoms in total. The summed E-state index contributed by atoms with van der Waals surface area (Å²) in [5, 5.41) is 4.75. The third-order valence-corrected chi connectivity index (χ3v) is 4.00. The van der Waals surface area contributed by atoms with Crippen molar-refractivity contribution in [2.75, 3.05) is 7.05 Å². The first-order valence-corrected chi connectivity index (χ1v) is 7.24. The van der Waals surface area contributed by atoms with Gasteiger partial charge in [-0.05, 0) is 43.5 Å². The first-order valence-electron chi connectivity index (χ1n) is 7.24. The van der Waals surface area contributed by atoms with E-state index in [1.165, 1.54) is 23.8 Å². The van der Waals surface area contributed by atoms with E-state index in [1.807, 2.05) is 12.3 Å². The summed E-state index contributed by atoms with van der Waals surface area (Å²) in [4.78, 5) is 4.43. The van der Waals surface area contributed by atoms with Gasteiger partial charge in [-0.15, -0.1) is 0 Å². The van der Waals surface area contributed by atoms with Crippen LogP contribution in [0.2, 0.25) is 0 Å². The van der Waals surface area contributed by atoms with E-state index in [-0.39, 0.29) is 0 Å². The third-order valence-electron chi connectivity index (χ3n) is 4.00. The maximum absolute atomic E-state index is 4.43. The van der Waals surface area contributed by atoms with Gasteiger partial charge in [0.15, 0.2) is 0 Å². The van der Waals surface area contributed by atoms with Crippen LogP contribution >= 0.6 is 0 Å². The highest BCUT2D eigenvalue weighted by Gasteiger charge is 2.12. The molecule has 2 aromatic rings. The number of hydrogen-bond acceptors (Lipinski definition) is 2.